The van der Waals surface area contributed by atoms with Gasteiger partial charge in [0.1, 0.15) is 11.3 Å². The van der Waals surface area contributed by atoms with Crippen molar-refractivity contribution in [2.45, 2.75) is 52.2 Å². The second-order valence-corrected chi connectivity index (χ2v) is 11.2. The molecule has 3 aromatic rings. The molecular formula is C31H39N7O4. The first-order valence-electron chi connectivity index (χ1n) is 14.2. The molecular weight excluding hydrogens is 534 g/mol. The zero-order valence-corrected chi connectivity index (χ0v) is 24.4. The van der Waals surface area contributed by atoms with Crippen molar-refractivity contribution in [3.05, 3.63) is 78.4 Å². The highest BCUT2D eigenvalue weighted by atomic mass is 16.6. The Kier molecular flexibility index (Phi) is 10.4. The number of hydrogen-bond acceptors (Lipinski definition) is 7. The third-order valence-corrected chi connectivity index (χ3v) is 6.54. The van der Waals surface area contributed by atoms with Gasteiger partial charge in [-0.25, -0.2) is 9.59 Å². The van der Waals surface area contributed by atoms with Gasteiger partial charge in [0.2, 0.25) is 0 Å². The van der Waals surface area contributed by atoms with E-state index in [2.05, 4.69) is 30.8 Å². The van der Waals surface area contributed by atoms with Crippen LogP contribution in [0.5, 0.6) is 0 Å². The maximum atomic E-state index is 13.2. The van der Waals surface area contributed by atoms with E-state index in [1.165, 1.54) is 12.8 Å². The van der Waals surface area contributed by atoms with Crippen LogP contribution >= 0.6 is 0 Å². The van der Waals surface area contributed by atoms with Crippen LogP contribution in [0.15, 0.2) is 67.1 Å². The minimum absolute atomic E-state index is 0.200. The van der Waals surface area contributed by atoms with Gasteiger partial charge < -0.3 is 25.2 Å². The predicted octanol–water partition coefficient (Wildman–Crippen LogP) is 5.60. The Morgan fingerprint density at radius 1 is 0.929 bits per heavy atom. The number of carbonyl (C=O) groups is 3. The zero-order valence-electron chi connectivity index (χ0n) is 24.4. The number of pyridine rings is 2. The SMILES string of the molecule is CC(C)(C)OC(=O)Nc1ccccc1NC(=O)c1ccc(CN(CCCN2CCCC2)C(=O)Nc2cccnc2)cn1. The van der Waals surface area contributed by atoms with Crippen molar-refractivity contribution in [2.75, 3.05) is 42.1 Å². The van der Waals surface area contributed by atoms with Gasteiger partial charge in [-0.3, -0.25) is 20.1 Å². The number of likely N-dealkylation sites (tertiary alicyclic amines) is 1. The first-order chi connectivity index (χ1) is 20.2. The summed E-state index contributed by atoms with van der Waals surface area (Å²) in [7, 11) is 0. The number of para-hydroxylation sites is 2. The molecule has 3 N–H and O–H groups in total. The summed E-state index contributed by atoms with van der Waals surface area (Å²) in [5, 5.41) is 8.39. The van der Waals surface area contributed by atoms with E-state index in [4.69, 9.17) is 4.74 Å². The number of nitrogens with one attached hydrogen (secondary N) is 3. The van der Waals surface area contributed by atoms with Gasteiger partial charge in [0.25, 0.3) is 5.91 Å². The van der Waals surface area contributed by atoms with Crippen molar-refractivity contribution in [3.8, 4) is 0 Å². The van der Waals surface area contributed by atoms with Gasteiger partial charge in [-0.15, -0.1) is 0 Å². The fourth-order valence-electron chi connectivity index (χ4n) is 4.56. The molecule has 1 saturated heterocycles. The normalized spacial score (nSPS) is 13.3. The lowest BCUT2D eigenvalue weighted by Crippen LogP contribution is -2.36. The Labute approximate surface area is 246 Å². The molecule has 1 aliphatic rings. The van der Waals surface area contributed by atoms with Crippen molar-refractivity contribution in [3.63, 3.8) is 0 Å². The number of urea groups is 1. The largest absolute Gasteiger partial charge is 0.444 e. The molecule has 4 amide bonds. The molecule has 0 aliphatic carbocycles. The number of aromatic nitrogens is 2. The fourth-order valence-corrected chi connectivity index (χ4v) is 4.56. The third-order valence-electron chi connectivity index (χ3n) is 6.54. The van der Waals surface area contributed by atoms with Crippen LogP contribution in [-0.2, 0) is 11.3 Å². The Balaban J connectivity index is 1.39. The maximum absolute atomic E-state index is 13.2. The number of amides is 4. The number of nitrogens with zero attached hydrogens (tertiary/aromatic N) is 4. The molecule has 0 atom stereocenters. The number of hydrogen-bond donors (Lipinski definition) is 3. The van der Waals surface area contributed by atoms with E-state index in [9.17, 15) is 14.4 Å². The highest BCUT2D eigenvalue weighted by Crippen LogP contribution is 2.23. The smallest absolute Gasteiger partial charge is 0.412 e. The van der Waals surface area contributed by atoms with Gasteiger partial charge in [0.15, 0.2) is 0 Å². The summed E-state index contributed by atoms with van der Waals surface area (Å²) in [6.07, 6.45) is 7.55. The zero-order chi connectivity index (χ0) is 30.0. The summed E-state index contributed by atoms with van der Waals surface area (Å²) in [6.45, 7) is 9.39. The number of benzene rings is 1. The fraction of sp³-hybridized carbons (Fsp3) is 0.387. The van der Waals surface area contributed by atoms with Gasteiger partial charge in [-0.2, -0.15) is 0 Å². The van der Waals surface area contributed by atoms with Gasteiger partial charge >= 0.3 is 12.1 Å². The molecule has 0 spiro atoms. The maximum Gasteiger partial charge on any atom is 0.412 e. The summed E-state index contributed by atoms with van der Waals surface area (Å²) in [5.74, 6) is -0.434. The molecule has 0 radical (unpaired) electrons. The molecule has 4 rings (SSSR count). The molecule has 2 aromatic heterocycles. The van der Waals surface area contributed by atoms with Crippen LogP contribution in [0.3, 0.4) is 0 Å². The van der Waals surface area contributed by atoms with Crippen LogP contribution in [0.2, 0.25) is 0 Å². The Morgan fingerprint density at radius 2 is 1.67 bits per heavy atom. The van der Waals surface area contributed by atoms with Gasteiger partial charge in [-0.1, -0.05) is 18.2 Å². The third kappa shape index (κ3) is 9.55. The van der Waals surface area contributed by atoms with Gasteiger partial charge in [0.05, 0.1) is 23.3 Å². The molecule has 1 aromatic carbocycles. The van der Waals surface area contributed by atoms with Crippen molar-refractivity contribution in [2.24, 2.45) is 0 Å². The standard InChI is InChI=1S/C31H39N7O4/c1-31(2,3)42-30(41)36-26-12-5-4-11-25(26)35-28(39)27-14-13-23(20-33-27)22-38(19-9-18-37-16-6-7-17-37)29(40)34-24-10-8-15-32-21-24/h4-5,8,10-15,20-21H,6-7,9,16-19,22H2,1-3H3,(H,34,40)(H,35,39)(H,36,41). The Bertz CT molecular complexity index is 1340. The minimum Gasteiger partial charge on any atom is -0.444 e. The summed E-state index contributed by atoms with van der Waals surface area (Å²) >= 11 is 0. The molecule has 11 nitrogen and oxygen atoms in total. The molecule has 1 aliphatic heterocycles. The molecule has 11 heteroatoms. The highest BCUT2D eigenvalue weighted by Gasteiger charge is 2.19. The van der Waals surface area contributed by atoms with Crippen molar-refractivity contribution < 1.29 is 19.1 Å². The molecule has 1 fully saturated rings. The summed E-state index contributed by atoms with van der Waals surface area (Å²) in [6, 6.07) is 13.6. The first kappa shape index (κ1) is 30.4. The van der Waals surface area contributed by atoms with Crippen LogP contribution in [0.1, 0.15) is 56.1 Å². The topological polar surface area (TPSA) is 129 Å². The van der Waals surface area contributed by atoms with Crippen LogP contribution in [0, 0.1) is 0 Å². The minimum atomic E-state index is -0.656. The second kappa shape index (κ2) is 14.4. The lowest BCUT2D eigenvalue weighted by Gasteiger charge is -2.24. The molecule has 3 heterocycles. The second-order valence-electron chi connectivity index (χ2n) is 11.2. The average molecular weight is 574 g/mol. The average Bonchev–Trinajstić information content (AvgIpc) is 3.47. The molecule has 42 heavy (non-hydrogen) atoms. The van der Waals surface area contributed by atoms with Crippen molar-refractivity contribution >= 4 is 35.1 Å². The van der Waals surface area contributed by atoms with E-state index in [0.29, 0.717) is 30.2 Å². The van der Waals surface area contributed by atoms with E-state index in [-0.39, 0.29) is 11.7 Å². The number of carbonyl (C=O) groups excluding carboxylic acids is 3. The van der Waals surface area contributed by atoms with E-state index < -0.39 is 17.6 Å². The van der Waals surface area contributed by atoms with Crippen molar-refractivity contribution in [1.29, 1.82) is 0 Å². The molecule has 0 saturated carbocycles. The lowest BCUT2D eigenvalue weighted by molar-refractivity contribution is 0.0635. The molecule has 0 unspecified atom stereocenters. The molecule has 222 valence electrons. The monoisotopic (exact) mass is 573 g/mol. The highest BCUT2D eigenvalue weighted by molar-refractivity contribution is 6.05. The van der Waals surface area contributed by atoms with E-state index in [0.717, 1.165) is 31.6 Å². The molecule has 0 bridgehead atoms. The van der Waals surface area contributed by atoms with Gasteiger partial charge in [0, 0.05) is 25.5 Å². The van der Waals surface area contributed by atoms with E-state index >= 15 is 0 Å². The number of anilines is 3. The Morgan fingerprint density at radius 3 is 2.31 bits per heavy atom. The van der Waals surface area contributed by atoms with Crippen LogP contribution in [0.4, 0.5) is 26.7 Å². The summed E-state index contributed by atoms with van der Waals surface area (Å²) in [5.41, 5.74) is 1.78. The quantitative estimate of drug-likeness (QED) is 0.288. The first-order valence-corrected chi connectivity index (χ1v) is 14.2. The predicted molar refractivity (Wildman–Crippen MR) is 162 cm³/mol. The Hall–Kier alpha value is -4.51. The number of rotatable bonds is 10. The van der Waals surface area contributed by atoms with E-state index in [1.54, 1.807) is 92.8 Å². The van der Waals surface area contributed by atoms with Gasteiger partial charge in [-0.05, 0) is 95.6 Å². The van der Waals surface area contributed by atoms with Crippen LogP contribution in [-0.4, -0.2) is 69.6 Å². The van der Waals surface area contributed by atoms with E-state index in [1.807, 2.05) is 0 Å². The summed E-state index contributed by atoms with van der Waals surface area (Å²) < 4.78 is 5.32. The number of ether oxygens (including phenoxy) is 1. The van der Waals surface area contributed by atoms with Crippen LogP contribution in [0.25, 0.3) is 0 Å². The lowest BCUT2D eigenvalue weighted by atomic mass is 10.2. The van der Waals surface area contributed by atoms with Crippen LogP contribution < -0.4 is 16.0 Å². The summed E-state index contributed by atoms with van der Waals surface area (Å²) in [4.78, 5) is 51.0. The van der Waals surface area contributed by atoms with Crippen molar-refractivity contribution in [1.82, 2.24) is 19.8 Å².